The largest absolute Gasteiger partial charge is 0.326 e. The molecule has 3 rings (SSSR count). The van der Waals surface area contributed by atoms with Gasteiger partial charge in [-0.05, 0) is 30.3 Å². The van der Waals surface area contributed by atoms with Crippen LogP contribution in [-0.2, 0) is 11.3 Å². The van der Waals surface area contributed by atoms with Gasteiger partial charge in [0.05, 0.1) is 22.9 Å². The Kier molecular flexibility index (Phi) is 4.94. The van der Waals surface area contributed by atoms with Gasteiger partial charge in [0.2, 0.25) is 5.91 Å². The van der Waals surface area contributed by atoms with Gasteiger partial charge in [0.25, 0.3) is 5.56 Å². The fourth-order valence-corrected chi connectivity index (χ4v) is 2.45. The van der Waals surface area contributed by atoms with Gasteiger partial charge in [-0.1, -0.05) is 23.7 Å². The summed E-state index contributed by atoms with van der Waals surface area (Å²) in [7, 11) is 0. The zero-order valence-corrected chi connectivity index (χ0v) is 14.0. The predicted molar refractivity (Wildman–Crippen MR) is 94.6 cm³/mol. The molecule has 0 bridgehead atoms. The second-order valence-corrected chi connectivity index (χ2v) is 5.76. The van der Waals surface area contributed by atoms with Crippen LogP contribution in [0.2, 0.25) is 5.02 Å². The maximum absolute atomic E-state index is 13.5. The Morgan fingerprint density at radius 1 is 1.19 bits per heavy atom. The molecule has 1 aromatic heterocycles. The number of nitrogens with zero attached hydrogens (tertiary/aromatic N) is 2. The molecule has 0 saturated heterocycles. The number of benzene rings is 2. The van der Waals surface area contributed by atoms with Crippen molar-refractivity contribution < 1.29 is 14.0 Å². The van der Waals surface area contributed by atoms with Gasteiger partial charge in [0.15, 0.2) is 0 Å². The van der Waals surface area contributed by atoms with Crippen molar-refractivity contribution >= 4 is 40.1 Å². The lowest BCUT2D eigenvalue weighted by Gasteiger charge is -2.09. The highest BCUT2D eigenvalue weighted by atomic mass is 35.5. The summed E-state index contributed by atoms with van der Waals surface area (Å²) in [5, 5.41) is 4.85. The number of hydrogen-bond acceptors (Lipinski definition) is 4. The molecule has 2 N–H and O–H groups in total. The van der Waals surface area contributed by atoms with Crippen molar-refractivity contribution in [3.05, 3.63) is 70.0 Å². The number of para-hydroxylation sites is 1. The lowest BCUT2D eigenvalue weighted by atomic mass is 10.2. The van der Waals surface area contributed by atoms with Crippen molar-refractivity contribution in [1.82, 2.24) is 14.9 Å². The third-order valence-electron chi connectivity index (χ3n) is 3.48. The van der Waals surface area contributed by atoms with E-state index >= 15 is 0 Å². The second kappa shape index (κ2) is 7.32. The number of imide groups is 1. The Morgan fingerprint density at radius 2 is 1.96 bits per heavy atom. The quantitative estimate of drug-likeness (QED) is 0.736. The summed E-state index contributed by atoms with van der Waals surface area (Å²) >= 11 is 5.87. The van der Waals surface area contributed by atoms with E-state index in [9.17, 15) is 18.8 Å². The number of carbonyl (C=O) groups excluding carboxylic acids is 2. The molecule has 0 aliphatic carbocycles. The minimum Gasteiger partial charge on any atom is -0.305 e. The number of carbonyl (C=O) groups is 2. The van der Waals surface area contributed by atoms with Crippen LogP contribution in [0.25, 0.3) is 10.9 Å². The molecule has 0 fully saturated rings. The number of halogens is 2. The van der Waals surface area contributed by atoms with Crippen LogP contribution in [0.15, 0.2) is 53.6 Å². The number of urea groups is 1. The summed E-state index contributed by atoms with van der Waals surface area (Å²) in [4.78, 5) is 40.2. The Hall–Kier alpha value is -3.26. The van der Waals surface area contributed by atoms with Crippen LogP contribution in [-0.4, -0.2) is 21.5 Å². The maximum Gasteiger partial charge on any atom is 0.326 e. The van der Waals surface area contributed by atoms with Crippen LogP contribution < -0.4 is 16.2 Å². The number of aromatic nitrogens is 2. The highest BCUT2D eigenvalue weighted by Gasteiger charge is 2.12. The van der Waals surface area contributed by atoms with E-state index in [4.69, 9.17) is 11.6 Å². The van der Waals surface area contributed by atoms with E-state index in [0.717, 1.165) is 4.57 Å². The minimum absolute atomic E-state index is 0.0722. The molecule has 26 heavy (non-hydrogen) atoms. The first-order chi connectivity index (χ1) is 12.4. The van der Waals surface area contributed by atoms with E-state index in [1.165, 1.54) is 36.7 Å². The molecule has 0 aliphatic heterocycles. The summed E-state index contributed by atoms with van der Waals surface area (Å²) in [6.07, 6.45) is 1.20. The molecule has 0 radical (unpaired) electrons. The Labute approximate surface area is 151 Å². The fraction of sp³-hybridized carbons (Fsp3) is 0.0588. The highest BCUT2D eigenvalue weighted by molar-refractivity contribution is 6.31. The summed E-state index contributed by atoms with van der Waals surface area (Å²) in [6.45, 7) is -0.432. The zero-order valence-electron chi connectivity index (χ0n) is 13.2. The van der Waals surface area contributed by atoms with Gasteiger partial charge in [-0.3, -0.25) is 19.5 Å². The fourth-order valence-electron chi connectivity index (χ4n) is 2.28. The number of fused-ring (bicyclic) bond motifs is 1. The highest BCUT2D eigenvalue weighted by Crippen LogP contribution is 2.14. The molecule has 3 amide bonds. The van der Waals surface area contributed by atoms with Gasteiger partial charge < -0.3 is 5.32 Å². The summed E-state index contributed by atoms with van der Waals surface area (Å²) < 4.78 is 14.5. The molecule has 0 aliphatic rings. The lowest BCUT2D eigenvalue weighted by Crippen LogP contribution is -2.38. The molecule has 0 saturated carbocycles. The van der Waals surface area contributed by atoms with Crippen molar-refractivity contribution in [2.75, 3.05) is 5.32 Å². The summed E-state index contributed by atoms with van der Waals surface area (Å²) in [5.41, 5.74) is -0.104. The van der Waals surface area contributed by atoms with Gasteiger partial charge in [0.1, 0.15) is 12.4 Å². The molecule has 3 aromatic rings. The molecule has 1 heterocycles. The number of amides is 3. The zero-order chi connectivity index (χ0) is 18.7. The van der Waals surface area contributed by atoms with Crippen LogP contribution >= 0.6 is 11.6 Å². The van der Waals surface area contributed by atoms with Crippen LogP contribution in [0, 0.1) is 5.82 Å². The number of hydrogen-bond donors (Lipinski definition) is 2. The maximum atomic E-state index is 13.5. The number of anilines is 1. The second-order valence-electron chi connectivity index (χ2n) is 5.32. The Morgan fingerprint density at radius 3 is 2.73 bits per heavy atom. The van der Waals surface area contributed by atoms with E-state index < -0.39 is 29.9 Å². The van der Waals surface area contributed by atoms with Crippen LogP contribution in [0.1, 0.15) is 0 Å². The van der Waals surface area contributed by atoms with E-state index in [1.807, 2.05) is 5.32 Å². The van der Waals surface area contributed by atoms with Gasteiger partial charge in [-0.2, -0.15) is 0 Å². The third-order valence-corrected chi connectivity index (χ3v) is 3.71. The normalized spacial score (nSPS) is 10.5. The van der Waals surface area contributed by atoms with Crippen LogP contribution in [0.3, 0.4) is 0 Å². The molecular formula is C17H12ClFN4O3. The van der Waals surface area contributed by atoms with Gasteiger partial charge >= 0.3 is 6.03 Å². The first kappa shape index (κ1) is 17.6. The van der Waals surface area contributed by atoms with E-state index in [1.54, 1.807) is 12.1 Å². The van der Waals surface area contributed by atoms with E-state index in [-0.39, 0.29) is 11.1 Å². The number of rotatable bonds is 3. The van der Waals surface area contributed by atoms with Crippen LogP contribution in [0.4, 0.5) is 14.9 Å². The minimum atomic E-state index is -0.912. The van der Waals surface area contributed by atoms with Gasteiger partial charge in [0, 0.05) is 5.02 Å². The lowest BCUT2D eigenvalue weighted by molar-refractivity contribution is -0.120. The summed E-state index contributed by atoms with van der Waals surface area (Å²) in [5.74, 6) is -1.40. The van der Waals surface area contributed by atoms with E-state index in [0.29, 0.717) is 10.5 Å². The Bertz CT molecular complexity index is 1070. The average molecular weight is 375 g/mol. The topological polar surface area (TPSA) is 93.1 Å². The molecule has 2 aromatic carbocycles. The summed E-state index contributed by atoms with van der Waals surface area (Å²) in [6, 6.07) is 9.24. The molecular weight excluding hydrogens is 363 g/mol. The van der Waals surface area contributed by atoms with Crippen molar-refractivity contribution in [3.8, 4) is 0 Å². The first-order valence-electron chi connectivity index (χ1n) is 7.44. The van der Waals surface area contributed by atoms with Crippen molar-refractivity contribution in [1.29, 1.82) is 0 Å². The van der Waals surface area contributed by atoms with Crippen molar-refractivity contribution in [2.45, 2.75) is 6.54 Å². The molecule has 0 atom stereocenters. The van der Waals surface area contributed by atoms with Gasteiger partial charge in [-0.25, -0.2) is 14.2 Å². The molecule has 0 spiro atoms. The molecule has 7 nitrogen and oxygen atoms in total. The third kappa shape index (κ3) is 3.86. The average Bonchev–Trinajstić information content (AvgIpc) is 2.60. The van der Waals surface area contributed by atoms with E-state index in [2.05, 4.69) is 10.3 Å². The monoisotopic (exact) mass is 374 g/mol. The van der Waals surface area contributed by atoms with Crippen LogP contribution in [0.5, 0.6) is 0 Å². The standard InChI is InChI=1S/C17H12ClFN4O3/c18-10-5-6-13-11(7-10)16(25)23(9-20-13)8-15(24)22-17(26)21-14-4-2-1-3-12(14)19/h1-7,9H,8H2,(H2,21,22,24,26). The van der Waals surface area contributed by atoms with Crippen molar-refractivity contribution in [3.63, 3.8) is 0 Å². The molecule has 0 unspecified atom stereocenters. The van der Waals surface area contributed by atoms with Gasteiger partial charge in [-0.15, -0.1) is 0 Å². The SMILES string of the molecule is O=C(Cn1cnc2ccc(Cl)cc2c1=O)NC(=O)Nc1ccccc1F. The molecule has 9 heteroatoms. The number of nitrogens with one attached hydrogen (secondary N) is 2. The molecule has 132 valence electrons. The van der Waals surface area contributed by atoms with Crippen molar-refractivity contribution in [2.24, 2.45) is 0 Å². The predicted octanol–water partition coefficient (Wildman–Crippen LogP) is 2.54. The Balaban J connectivity index is 1.71. The first-order valence-corrected chi connectivity index (χ1v) is 7.82. The smallest absolute Gasteiger partial charge is 0.305 e.